The number of benzene rings is 1. The number of halogens is 2. The highest BCUT2D eigenvalue weighted by Crippen LogP contribution is 2.43. The van der Waals surface area contributed by atoms with Gasteiger partial charge in [-0.05, 0) is 12.5 Å². The number of carbonyl (C=O) groups is 2. The molecule has 1 N–H and O–H groups in total. The minimum absolute atomic E-state index is 0.151. The zero-order valence-electron chi connectivity index (χ0n) is 13.1. The van der Waals surface area contributed by atoms with Gasteiger partial charge in [0.15, 0.2) is 0 Å². The SMILES string of the molecule is COc1cc(Cl)c(Cl)cc1C(=O)N1C[C@H]2COCC[C@@]2(C(=O)O)C1. The standard InChI is InChI=1S/C16H17Cl2NO5/c1-23-13-5-12(18)11(17)4-10(13)14(20)19-6-9-7-24-3-2-16(9,8-19)15(21)22/h4-5,9H,2-3,6-8H2,1H3,(H,21,22)/t9-,16+/m0/s1. The van der Waals surface area contributed by atoms with Crippen LogP contribution < -0.4 is 4.74 Å². The number of carboxylic acids is 1. The van der Waals surface area contributed by atoms with Crippen molar-refractivity contribution in [3.05, 3.63) is 27.7 Å². The Kier molecular flexibility index (Phi) is 4.64. The summed E-state index contributed by atoms with van der Waals surface area (Å²) in [4.78, 5) is 26.3. The Bertz CT molecular complexity index is 695. The minimum atomic E-state index is -0.947. The lowest BCUT2D eigenvalue weighted by Crippen LogP contribution is -2.45. The fourth-order valence-electron chi connectivity index (χ4n) is 3.49. The second-order valence-electron chi connectivity index (χ2n) is 6.14. The van der Waals surface area contributed by atoms with E-state index in [9.17, 15) is 14.7 Å². The van der Waals surface area contributed by atoms with Crippen LogP contribution in [0.2, 0.25) is 10.0 Å². The van der Waals surface area contributed by atoms with Gasteiger partial charge in [-0.2, -0.15) is 0 Å². The van der Waals surface area contributed by atoms with Crippen molar-refractivity contribution in [2.75, 3.05) is 33.4 Å². The summed E-state index contributed by atoms with van der Waals surface area (Å²) in [5.41, 5.74) is -0.677. The van der Waals surface area contributed by atoms with E-state index in [4.69, 9.17) is 32.7 Å². The van der Waals surface area contributed by atoms with Crippen molar-refractivity contribution in [3.63, 3.8) is 0 Å². The lowest BCUT2D eigenvalue weighted by molar-refractivity contribution is -0.157. The van der Waals surface area contributed by atoms with Gasteiger partial charge in [0.05, 0.1) is 34.7 Å². The van der Waals surface area contributed by atoms with Crippen LogP contribution in [0.25, 0.3) is 0 Å². The summed E-state index contributed by atoms with van der Waals surface area (Å²) in [5.74, 6) is -1.11. The summed E-state index contributed by atoms with van der Waals surface area (Å²) in [6, 6.07) is 2.94. The van der Waals surface area contributed by atoms with Gasteiger partial charge >= 0.3 is 5.97 Å². The molecule has 6 nitrogen and oxygen atoms in total. The summed E-state index contributed by atoms with van der Waals surface area (Å²) in [6.45, 7) is 1.21. The van der Waals surface area contributed by atoms with Crippen molar-refractivity contribution in [2.45, 2.75) is 6.42 Å². The third-order valence-electron chi connectivity index (χ3n) is 4.89. The molecule has 130 valence electrons. The van der Waals surface area contributed by atoms with Crippen molar-refractivity contribution < 1.29 is 24.2 Å². The third-order valence-corrected chi connectivity index (χ3v) is 5.61. The van der Waals surface area contributed by atoms with E-state index in [1.165, 1.54) is 24.1 Å². The zero-order valence-corrected chi connectivity index (χ0v) is 14.6. The molecule has 2 aliphatic rings. The first kappa shape index (κ1) is 17.3. The van der Waals surface area contributed by atoms with Crippen LogP contribution in [0.3, 0.4) is 0 Å². The van der Waals surface area contributed by atoms with Crippen LogP contribution in [-0.2, 0) is 9.53 Å². The number of hydrogen-bond donors (Lipinski definition) is 1. The van der Waals surface area contributed by atoms with Crippen molar-refractivity contribution in [2.24, 2.45) is 11.3 Å². The molecular formula is C16H17Cl2NO5. The lowest BCUT2D eigenvalue weighted by Gasteiger charge is -2.33. The van der Waals surface area contributed by atoms with E-state index in [-0.39, 0.29) is 34.0 Å². The molecule has 0 radical (unpaired) electrons. The third kappa shape index (κ3) is 2.72. The molecule has 0 aromatic heterocycles. The molecule has 0 spiro atoms. The Balaban J connectivity index is 1.92. The highest BCUT2D eigenvalue weighted by atomic mass is 35.5. The molecule has 0 unspecified atom stereocenters. The molecule has 1 aromatic rings. The molecule has 2 aliphatic heterocycles. The van der Waals surface area contributed by atoms with Gasteiger partial charge in [0.2, 0.25) is 0 Å². The average Bonchev–Trinajstić information content (AvgIpc) is 2.97. The van der Waals surface area contributed by atoms with Gasteiger partial charge in [-0.3, -0.25) is 9.59 Å². The Morgan fingerprint density at radius 2 is 2.08 bits per heavy atom. The first-order valence-electron chi connectivity index (χ1n) is 7.52. The fraction of sp³-hybridized carbons (Fsp3) is 0.500. The maximum Gasteiger partial charge on any atom is 0.311 e. The van der Waals surface area contributed by atoms with E-state index in [1.807, 2.05) is 0 Å². The second-order valence-corrected chi connectivity index (χ2v) is 6.95. The number of nitrogens with zero attached hydrogens (tertiary/aromatic N) is 1. The van der Waals surface area contributed by atoms with E-state index < -0.39 is 11.4 Å². The first-order valence-corrected chi connectivity index (χ1v) is 8.28. The number of carbonyl (C=O) groups excluding carboxylic acids is 1. The number of rotatable bonds is 3. The maximum atomic E-state index is 12.9. The van der Waals surface area contributed by atoms with Gasteiger partial charge in [0.25, 0.3) is 5.91 Å². The number of aliphatic carboxylic acids is 1. The molecule has 1 aromatic carbocycles. The molecule has 0 saturated carbocycles. The number of ether oxygens (including phenoxy) is 2. The normalized spacial score (nSPS) is 26.1. The molecule has 8 heteroatoms. The molecule has 0 aliphatic carbocycles. The average molecular weight is 374 g/mol. The summed E-state index contributed by atoms with van der Waals surface area (Å²) in [6.07, 6.45) is 0.398. The Morgan fingerprint density at radius 3 is 2.71 bits per heavy atom. The van der Waals surface area contributed by atoms with Crippen LogP contribution in [0.5, 0.6) is 5.75 Å². The molecule has 2 saturated heterocycles. The molecule has 2 fully saturated rings. The maximum absolute atomic E-state index is 12.9. The predicted molar refractivity (Wildman–Crippen MR) is 87.9 cm³/mol. The Labute approximate surface area is 149 Å². The minimum Gasteiger partial charge on any atom is -0.496 e. The number of carboxylic acid groups (broad SMARTS) is 1. The fourth-order valence-corrected chi connectivity index (χ4v) is 3.81. The van der Waals surface area contributed by atoms with E-state index >= 15 is 0 Å². The summed E-state index contributed by atoms with van der Waals surface area (Å²) >= 11 is 12.0. The van der Waals surface area contributed by atoms with Crippen LogP contribution in [0, 0.1) is 11.3 Å². The molecular weight excluding hydrogens is 357 g/mol. The first-order chi connectivity index (χ1) is 11.4. The number of fused-ring (bicyclic) bond motifs is 1. The molecule has 24 heavy (non-hydrogen) atoms. The monoisotopic (exact) mass is 373 g/mol. The van der Waals surface area contributed by atoms with Gasteiger partial charge < -0.3 is 19.5 Å². The smallest absolute Gasteiger partial charge is 0.311 e. The van der Waals surface area contributed by atoms with E-state index in [0.717, 1.165) is 0 Å². The molecule has 2 heterocycles. The quantitative estimate of drug-likeness (QED) is 0.880. The number of hydrogen-bond acceptors (Lipinski definition) is 4. The van der Waals surface area contributed by atoms with E-state index in [2.05, 4.69) is 0 Å². The van der Waals surface area contributed by atoms with Gasteiger partial charge in [-0.25, -0.2) is 0 Å². The van der Waals surface area contributed by atoms with Crippen molar-refractivity contribution in [1.82, 2.24) is 4.90 Å². The Morgan fingerprint density at radius 1 is 1.38 bits per heavy atom. The second kappa shape index (κ2) is 6.43. The topological polar surface area (TPSA) is 76.1 Å². The van der Waals surface area contributed by atoms with Crippen molar-refractivity contribution in [1.29, 1.82) is 0 Å². The molecule has 0 bridgehead atoms. The highest BCUT2D eigenvalue weighted by molar-refractivity contribution is 6.42. The van der Waals surface area contributed by atoms with Crippen molar-refractivity contribution in [3.8, 4) is 5.75 Å². The molecule has 2 atom stereocenters. The van der Waals surface area contributed by atoms with Crippen LogP contribution in [0.1, 0.15) is 16.8 Å². The van der Waals surface area contributed by atoms with Crippen LogP contribution >= 0.6 is 23.2 Å². The molecule has 3 rings (SSSR count). The lowest BCUT2D eigenvalue weighted by atomic mass is 9.74. The van der Waals surface area contributed by atoms with Crippen molar-refractivity contribution >= 4 is 35.1 Å². The summed E-state index contributed by atoms with van der Waals surface area (Å²) < 4.78 is 10.6. The predicted octanol–water partition coefficient (Wildman–Crippen LogP) is 2.57. The Hall–Kier alpha value is -1.50. The van der Waals surface area contributed by atoms with Crippen LogP contribution in [0.15, 0.2) is 12.1 Å². The number of amides is 1. The van der Waals surface area contributed by atoms with Crippen LogP contribution in [-0.4, -0.2) is 55.3 Å². The molecule has 1 amide bonds. The largest absolute Gasteiger partial charge is 0.496 e. The highest BCUT2D eigenvalue weighted by Gasteiger charge is 2.55. The zero-order chi connectivity index (χ0) is 17.5. The number of likely N-dealkylation sites (tertiary alicyclic amines) is 1. The van der Waals surface area contributed by atoms with E-state index in [1.54, 1.807) is 0 Å². The summed E-state index contributed by atoms with van der Waals surface area (Å²) in [7, 11) is 1.44. The van der Waals surface area contributed by atoms with Gasteiger partial charge in [0.1, 0.15) is 5.75 Å². The van der Waals surface area contributed by atoms with Crippen LogP contribution in [0.4, 0.5) is 0 Å². The van der Waals surface area contributed by atoms with Gasteiger partial charge in [0, 0.05) is 31.7 Å². The van der Waals surface area contributed by atoms with Gasteiger partial charge in [-0.1, -0.05) is 23.2 Å². The van der Waals surface area contributed by atoms with E-state index in [0.29, 0.717) is 31.9 Å². The van der Waals surface area contributed by atoms with Gasteiger partial charge in [-0.15, -0.1) is 0 Å². The number of methoxy groups -OCH3 is 1. The summed E-state index contributed by atoms with van der Waals surface area (Å²) in [5, 5.41) is 10.2.